The van der Waals surface area contributed by atoms with Crippen molar-refractivity contribution in [2.24, 2.45) is 0 Å². The second kappa shape index (κ2) is 3.71. The van der Waals surface area contributed by atoms with Gasteiger partial charge in [-0.15, -0.1) is 0 Å². The van der Waals surface area contributed by atoms with Gasteiger partial charge in [0.2, 0.25) is 0 Å². The quantitative estimate of drug-likeness (QED) is 0.507. The second-order valence-electron chi connectivity index (χ2n) is 5.30. The zero-order chi connectivity index (χ0) is 11.0. The fourth-order valence-corrected chi connectivity index (χ4v) is 2.70. The lowest BCUT2D eigenvalue weighted by atomic mass is 9.87. The van der Waals surface area contributed by atoms with E-state index in [0.29, 0.717) is 0 Å². The number of benzene rings is 1. The first-order valence-electron chi connectivity index (χ1n) is 5.01. The topological polar surface area (TPSA) is 0 Å². The molecule has 0 aliphatic rings. The molecule has 2 heteroatoms. The maximum absolute atomic E-state index is 6.36. The molecule has 0 nitrogen and oxygen atoms in total. The highest BCUT2D eigenvalue weighted by molar-refractivity contribution is 7.26. The predicted octanol–water partition coefficient (Wildman–Crippen LogP) is 3.64. The Kier molecular flexibility index (Phi) is 3.12. The first-order chi connectivity index (χ1) is 6.21. The molecule has 0 amide bonds. The van der Waals surface area contributed by atoms with E-state index in [2.05, 4.69) is 58.1 Å². The van der Waals surface area contributed by atoms with Crippen LogP contribution in [-0.4, -0.2) is 7.38 Å². The molecule has 0 heterocycles. The number of hydrogen-bond acceptors (Lipinski definition) is 0. The molecule has 0 N–H and O–H groups in total. The van der Waals surface area contributed by atoms with Crippen LogP contribution in [0.15, 0.2) is 24.3 Å². The van der Waals surface area contributed by atoms with E-state index in [1.54, 1.807) is 0 Å². The van der Waals surface area contributed by atoms with E-state index in [-0.39, 0.29) is 5.41 Å². The zero-order valence-electron chi connectivity index (χ0n) is 9.69. The summed E-state index contributed by atoms with van der Waals surface area (Å²) in [6.07, 6.45) is 0. The van der Waals surface area contributed by atoms with Crippen LogP contribution in [0.1, 0.15) is 26.3 Å². The van der Waals surface area contributed by atoms with E-state index < -0.39 is 7.38 Å². The van der Waals surface area contributed by atoms with Gasteiger partial charge in [0.1, 0.15) is 0 Å². The standard InChI is InChI=1S/C12H19ClSi/c1-12(2,3)10-6-8-11(9-7-10)14(4,5)13/h6-9H,1-5H3. The molecule has 1 aromatic carbocycles. The van der Waals surface area contributed by atoms with Gasteiger partial charge >= 0.3 is 0 Å². The third-order valence-corrected chi connectivity index (χ3v) is 4.80. The van der Waals surface area contributed by atoms with E-state index >= 15 is 0 Å². The fraction of sp³-hybridized carbons (Fsp3) is 0.500. The van der Waals surface area contributed by atoms with Crippen LogP contribution in [0, 0.1) is 0 Å². The number of hydrogen-bond donors (Lipinski definition) is 0. The Labute approximate surface area is 93.0 Å². The lowest BCUT2D eigenvalue weighted by Gasteiger charge is -2.21. The van der Waals surface area contributed by atoms with E-state index in [1.165, 1.54) is 10.8 Å². The van der Waals surface area contributed by atoms with Gasteiger partial charge in [-0.2, -0.15) is 11.1 Å². The van der Waals surface area contributed by atoms with Gasteiger partial charge in [-0.05, 0) is 16.2 Å². The molecule has 0 spiro atoms. The van der Waals surface area contributed by atoms with Crippen LogP contribution in [-0.2, 0) is 5.41 Å². The summed E-state index contributed by atoms with van der Waals surface area (Å²) in [5.74, 6) is 0. The Morgan fingerprint density at radius 1 is 1.00 bits per heavy atom. The van der Waals surface area contributed by atoms with Crippen molar-refractivity contribution in [2.45, 2.75) is 39.3 Å². The van der Waals surface area contributed by atoms with Crippen LogP contribution in [0.4, 0.5) is 0 Å². The summed E-state index contributed by atoms with van der Waals surface area (Å²) in [5.41, 5.74) is 1.60. The van der Waals surface area contributed by atoms with Crippen LogP contribution in [0.25, 0.3) is 0 Å². The van der Waals surface area contributed by atoms with Gasteiger partial charge in [0.05, 0.1) is 0 Å². The van der Waals surface area contributed by atoms with E-state index in [9.17, 15) is 0 Å². The van der Waals surface area contributed by atoms with E-state index in [0.717, 1.165) is 0 Å². The molecule has 0 radical (unpaired) electrons. The third kappa shape index (κ3) is 2.86. The Bertz CT molecular complexity index is 268. The van der Waals surface area contributed by atoms with Crippen molar-refractivity contribution in [3.05, 3.63) is 29.8 Å². The summed E-state index contributed by atoms with van der Waals surface area (Å²) in [4.78, 5) is 0. The minimum atomic E-state index is -1.64. The van der Waals surface area contributed by atoms with Crippen molar-refractivity contribution in [1.29, 1.82) is 0 Å². The highest BCUT2D eigenvalue weighted by Crippen LogP contribution is 2.21. The molecule has 0 aliphatic heterocycles. The molecular weight excluding hydrogens is 208 g/mol. The van der Waals surface area contributed by atoms with Crippen molar-refractivity contribution in [1.82, 2.24) is 0 Å². The molecule has 1 aromatic rings. The summed E-state index contributed by atoms with van der Waals surface area (Å²) < 4.78 is 0. The largest absolute Gasteiger partial charge is 0.180 e. The highest BCUT2D eigenvalue weighted by Gasteiger charge is 2.21. The third-order valence-electron chi connectivity index (χ3n) is 2.44. The Hall–Kier alpha value is -0.273. The predicted molar refractivity (Wildman–Crippen MR) is 68.1 cm³/mol. The maximum atomic E-state index is 6.36. The Morgan fingerprint density at radius 2 is 1.43 bits per heavy atom. The molecule has 78 valence electrons. The first kappa shape index (κ1) is 11.8. The van der Waals surface area contributed by atoms with Crippen molar-refractivity contribution in [3.8, 4) is 0 Å². The lowest BCUT2D eigenvalue weighted by molar-refractivity contribution is 0.590. The van der Waals surface area contributed by atoms with Crippen molar-refractivity contribution in [3.63, 3.8) is 0 Å². The van der Waals surface area contributed by atoms with Gasteiger partial charge < -0.3 is 0 Å². The molecule has 0 aliphatic carbocycles. The monoisotopic (exact) mass is 226 g/mol. The van der Waals surface area contributed by atoms with E-state index in [1.807, 2.05) is 0 Å². The molecule has 0 saturated carbocycles. The van der Waals surface area contributed by atoms with Crippen molar-refractivity contribution >= 4 is 23.6 Å². The van der Waals surface area contributed by atoms with Crippen LogP contribution >= 0.6 is 11.1 Å². The minimum absolute atomic E-state index is 0.233. The molecule has 0 saturated heterocycles. The molecule has 1 rings (SSSR count). The van der Waals surface area contributed by atoms with Crippen molar-refractivity contribution < 1.29 is 0 Å². The van der Waals surface area contributed by atoms with Gasteiger partial charge in [-0.3, -0.25) is 0 Å². The SMILES string of the molecule is CC(C)(C)c1ccc([Si](C)(C)Cl)cc1. The van der Waals surface area contributed by atoms with Gasteiger partial charge in [-0.25, -0.2) is 0 Å². The van der Waals surface area contributed by atoms with Gasteiger partial charge in [0, 0.05) is 0 Å². The molecule has 0 bridgehead atoms. The highest BCUT2D eigenvalue weighted by atomic mass is 35.6. The van der Waals surface area contributed by atoms with E-state index in [4.69, 9.17) is 11.1 Å². The number of rotatable bonds is 1. The second-order valence-corrected chi connectivity index (χ2v) is 11.7. The molecular formula is C12H19ClSi. The van der Waals surface area contributed by atoms with Crippen molar-refractivity contribution in [2.75, 3.05) is 0 Å². The molecule has 0 aromatic heterocycles. The number of halogens is 1. The molecule has 14 heavy (non-hydrogen) atoms. The summed E-state index contributed by atoms with van der Waals surface area (Å²) in [7, 11) is -1.64. The summed E-state index contributed by atoms with van der Waals surface area (Å²) in [6, 6.07) is 8.76. The fourth-order valence-electron chi connectivity index (χ4n) is 1.37. The normalized spacial score (nSPS) is 13.0. The van der Waals surface area contributed by atoms with Crippen LogP contribution in [0.2, 0.25) is 13.1 Å². The zero-order valence-corrected chi connectivity index (χ0v) is 11.4. The lowest BCUT2D eigenvalue weighted by Crippen LogP contribution is -2.35. The van der Waals surface area contributed by atoms with Crippen LogP contribution in [0.3, 0.4) is 0 Å². The summed E-state index contributed by atoms with van der Waals surface area (Å²) in [5, 5.41) is 1.31. The molecule has 0 unspecified atom stereocenters. The first-order valence-corrected chi connectivity index (χ1v) is 9.02. The summed E-state index contributed by atoms with van der Waals surface area (Å²) in [6.45, 7) is 11.0. The van der Waals surface area contributed by atoms with Gasteiger partial charge in [0.15, 0.2) is 7.38 Å². The van der Waals surface area contributed by atoms with Gasteiger partial charge in [-0.1, -0.05) is 58.1 Å². The van der Waals surface area contributed by atoms with Crippen LogP contribution < -0.4 is 5.19 Å². The average Bonchev–Trinajstić information content (AvgIpc) is 2.01. The van der Waals surface area contributed by atoms with Gasteiger partial charge in [0.25, 0.3) is 0 Å². The summed E-state index contributed by atoms with van der Waals surface area (Å²) >= 11 is 6.36. The average molecular weight is 227 g/mol. The smallest absolute Gasteiger partial charge is 0.162 e. The Balaban J connectivity index is 3.02. The molecule has 0 atom stereocenters. The van der Waals surface area contributed by atoms with Crippen LogP contribution in [0.5, 0.6) is 0 Å². The minimum Gasteiger partial charge on any atom is -0.162 e. The Morgan fingerprint density at radius 3 is 1.71 bits per heavy atom. The molecule has 0 fully saturated rings. The maximum Gasteiger partial charge on any atom is 0.180 e.